The van der Waals surface area contributed by atoms with Crippen LogP contribution in [0.25, 0.3) is 0 Å². The Bertz CT molecular complexity index is 1840. The number of Topliss-reactive ketones (excluding diaryl/α,β-unsaturated/α-hetero) is 1. The fraction of sp³-hybridized carbons (Fsp3) is 0.294. The number of halogens is 2. The van der Waals surface area contributed by atoms with Crippen molar-refractivity contribution in [1.82, 2.24) is 0 Å². The van der Waals surface area contributed by atoms with Crippen LogP contribution in [0, 0.1) is 47.6 Å². The number of carbonyl (C=O) groups is 1. The van der Waals surface area contributed by atoms with Crippen molar-refractivity contribution in [3.8, 4) is 11.8 Å². The van der Waals surface area contributed by atoms with Gasteiger partial charge in [0.2, 0.25) is 0 Å². The van der Waals surface area contributed by atoms with E-state index in [2.05, 4.69) is 6.07 Å². The summed E-state index contributed by atoms with van der Waals surface area (Å²) in [6.07, 6.45) is 0.675. The third-order valence-electron chi connectivity index (χ3n) is 8.29. The van der Waals surface area contributed by atoms with E-state index < -0.39 is 16.3 Å². The molecule has 0 fully saturated rings. The van der Waals surface area contributed by atoms with Crippen LogP contribution < -0.4 is 15.4 Å². The predicted octanol–water partition coefficient (Wildman–Crippen LogP) is 8.35. The van der Waals surface area contributed by atoms with E-state index in [1.54, 1.807) is 6.07 Å². The van der Waals surface area contributed by atoms with Crippen molar-refractivity contribution < 1.29 is 14.5 Å². The largest absolute Gasteiger partial charge is 0.489 e. The minimum absolute atomic E-state index is 0.0441. The summed E-state index contributed by atoms with van der Waals surface area (Å²) in [7, 11) is 0. The first kappa shape index (κ1) is 31.1. The van der Waals surface area contributed by atoms with Crippen molar-refractivity contribution in [3.05, 3.63) is 119 Å². The molecule has 44 heavy (non-hydrogen) atoms. The molecule has 0 spiro atoms. The van der Waals surface area contributed by atoms with Crippen LogP contribution in [0.2, 0.25) is 10.0 Å². The third-order valence-corrected chi connectivity index (χ3v) is 8.76. The van der Waals surface area contributed by atoms with Gasteiger partial charge in [0.05, 0.1) is 22.5 Å². The van der Waals surface area contributed by atoms with Crippen LogP contribution in [0.15, 0.2) is 71.2 Å². The van der Waals surface area contributed by atoms with Gasteiger partial charge in [0.25, 0.3) is 5.69 Å². The summed E-state index contributed by atoms with van der Waals surface area (Å²) in [5.41, 5.74) is 11.7. The molecule has 2 N–H and O–H groups in total. The third kappa shape index (κ3) is 5.66. The maximum atomic E-state index is 14.1. The molecule has 0 saturated heterocycles. The Morgan fingerprint density at radius 1 is 1.09 bits per heavy atom. The highest BCUT2D eigenvalue weighted by Gasteiger charge is 2.46. The molecule has 8 nitrogen and oxygen atoms in total. The molecule has 3 aromatic rings. The molecule has 1 unspecified atom stereocenters. The highest BCUT2D eigenvalue weighted by molar-refractivity contribution is 6.31. The highest BCUT2D eigenvalue weighted by Crippen LogP contribution is 2.52. The van der Waals surface area contributed by atoms with Gasteiger partial charge >= 0.3 is 0 Å². The molecular formula is C34H32Cl2N4O4. The number of ether oxygens (including phenoxy) is 1. The summed E-state index contributed by atoms with van der Waals surface area (Å²) in [6, 6.07) is 16.0. The Labute approximate surface area is 266 Å². The molecule has 0 radical (unpaired) electrons. The summed E-state index contributed by atoms with van der Waals surface area (Å²) in [5.74, 6) is -0.135. The Morgan fingerprint density at radius 2 is 1.77 bits per heavy atom. The zero-order valence-corrected chi connectivity index (χ0v) is 26.6. The number of hydrogen-bond acceptors (Lipinski definition) is 7. The molecule has 5 rings (SSSR count). The van der Waals surface area contributed by atoms with E-state index in [1.165, 1.54) is 23.1 Å². The van der Waals surface area contributed by atoms with Gasteiger partial charge in [-0.05, 0) is 85.2 Å². The van der Waals surface area contributed by atoms with Crippen molar-refractivity contribution in [2.24, 2.45) is 11.1 Å². The average molecular weight is 632 g/mol. The number of nitrogens with two attached hydrogens (primary N) is 1. The van der Waals surface area contributed by atoms with Crippen molar-refractivity contribution in [3.63, 3.8) is 0 Å². The standard InChI is InChI=1S/C34H32Cl2N4O4/c1-18-10-21(17-44-30-9-7-22(35)12-19(30)2)20(3)24(11-18)31-25(16-37)33(38)39(26-8-6-23(36)13-27(26)40(42)43)28-14-34(4,5)15-29(41)32(28)31/h6-13,31H,14-15,17,38H2,1-5H3. The van der Waals surface area contributed by atoms with E-state index in [9.17, 15) is 20.2 Å². The fourth-order valence-corrected chi connectivity index (χ4v) is 6.66. The molecule has 1 atom stereocenters. The number of nitriles is 1. The number of nitro groups is 1. The van der Waals surface area contributed by atoms with Gasteiger partial charge in [0, 0.05) is 33.8 Å². The minimum atomic E-state index is -0.753. The summed E-state index contributed by atoms with van der Waals surface area (Å²) < 4.78 is 6.18. The average Bonchev–Trinajstić information content (AvgIpc) is 2.93. The molecule has 0 aromatic heterocycles. The highest BCUT2D eigenvalue weighted by atomic mass is 35.5. The maximum absolute atomic E-state index is 14.1. The Balaban J connectivity index is 1.70. The van der Waals surface area contributed by atoms with E-state index >= 15 is 0 Å². The maximum Gasteiger partial charge on any atom is 0.294 e. The van der Waals surface area contributed by atoms with Gasteiger partial charge in [-0.2, -0.15) is 5.26 Å². The second kappa shape index (κ2) is 11.6. The van der Waals surface area contributed by atoms with Gasteiger partial charge in [-0.1, -0.05) is 54.7 Å². The lowest BCUT2D eigenvalue weighted by molar-refractivity contribution is -0.384. The molecule has 0 bridgehead atoms. The first-order valence-corrected chi connectivity index (χ1v) is 14.9. The van der Waals surface area contributed by atoms with Crippen molar-refractivity contribution in [1.29, 1.82) is 5.26 Å². The van der Waals surface area contributed by atoms with Gasteiger partial charge < -0.3 is 10.5 Å². The van der Waals surface area contributed by atoms with E-state index in [0.717, 1.165) is 27.8 Å². The molecule has 226 valence electrons. The summed E-state index contributed by atoms with van der Waals surface area (Å²) in [4.78, 5) is 27.2. The second-order valence-corrected chi connectivity index (χ2v) is 13.1. The molecule has 1 aliphatic heterocycles. The Hall–Kier alpha value is -4.32. The van der Waals surface area contributed by atoms with E-state index in [0.29, 0.717) is 28.5 Å². The topological polar surface area (TPSA) is 122 Å². The van der Waals surface area contributed by atoms with Crippen molar-refractivity contribution in [2.75, 3.05) is 4.90 Å². The summed E-state index contributed by atoms with van der Waals surface area (Å²) >= 11 is 12.2. The molecule has 1 heterocycles. The zero-order valence-electron chi connectivity index (χ0n) is 25.1. The lowest BCUT2D eigenvalue weighted by atomic mass is 9.68. The van der Waals surface area contributed by atoms with Crippen LogP contribution in [0.1, 0.15) is 60.4 Å². The van der Waals surface area contributed by atoms with Gasteiger partial charge in [-0.3, -0.25) is 19.8 Å². The van der Waals surface area contributed by atoms with Crippen LogP contribution in [-0.2, 0) is 11.4 Å². The minimum Gasteiger partial charge on any atom is -0.489 e. The van der Waals surface area contributed by atoms with E-state index in [4.69, 9.17) is 33.7 Å². The van der Waals surface area contributed by atoms with Crippen molar-refractivity contribution >= 4 is 40.4 Å². The number of allylic oxidation sites excluding steroid dienone is 3. The Kier molecular flexibility index (Phi) is 8.23. The molecule has 0 amide bonds. The predicted molar refractivity (Wildman–Crippen MR) is 172 cm³/mol. The number of hydrogen-bond donors (Lipinski definition) is 1. The smallest absolute Gasteiger partial charge is 0.294 e. The van der Waals surface area contributed by atoms with Crippen LogP contribution in [0.3, 0.4) is 0 Å². The summed E-state index contributed by atoms with van der Waals surface area (Å²) in [5, 5.41) is 23.5. The lowest BCUT2D eigenvalue weighted by Gasteiger charge is -2.43. The number of nitrogens with zero attached hydrogens (tertiary/aromatic N) is 3. The number of ketones is 1. The first-order valence-electron chi connectivity index (χ1n) is 14.1. The van der Waals surface area contributed by atoms with Crippen molar-refractivity contribution in [2.45, 2.75) is 60.0 Å². The quantitative estimate of drug-likeness (QED) is 0.214. The fourth-order valence-electron chi connectivity index (χ4n) is 6.27. The number of anilines is 1. The molecular weight excluding hydrogens is 599 g/mol. The van der Waals surface area contributed by atoms with Gasteiger partial charge in [-0.25, -0.2) is 0 Å². The zero-order chi connectivity index (χ0) is 32.1. The van der Waals surface area contributed by atoms with Gasteiger partial charge in [0.1, 0.15) is 23.9 Å². The van der Waals surface area contributed by atoms with Crippen LogP contribution in [0.4, 0.5) is 11.4 Å². The molecule has 0 saturated carbocycles. The van der Waals surface area contributed by atoms with Gasteiger partial charge in [0.15, 0.2) is 5.78 Å². The molecule has 2 aliphatic rings. The number of nitro benzene ring substituents is 1. The first-order chi connectivity index (χ1) is 20.7. The van der Waals surface area contributed by atoms with E-state index in [1.807, 2.05) is 58.9 Å². The van der Waals surface area contributed by atoms with E-state index in [-0.39, 0.29) is 46.6 Å². The van der Waals surface area contributed by atoms with Crippen LogP contribution in [0.5, 0.6) is 5.75 Å². The molecule has 1 aliphatic carbocycles. The Morgan fingerprint density at radius 3 is 2.43 bits per heavy atom. The SMILES string of the molecule is Cc1cc(COc2ccc(Cl)cc2C)c(C)c(C2C(C#N)=C(N)N(c3ccc(Cl)cc3[N+](=O)[O-])C3=C2C(=O)CC(C)(C)C3)c1. The van der Waals surface area contributed by atoms with Crippen LogP contribution in [-0.4, -0.2) is 10.7 Å². The molecule has 3 aromatic carbocycles. The lowest BCUT2D eigenvalue weighted by Crippen LogP contribution is -2.42. The normalized spacial score (nSPS) is 17.8. The van der Waals surface area contributed by atoms with Gasteiger partial charge in [-0.15, -0.1) is 0 Å². The second-order valence-electron chi connectivity index (χ2n) is 12.2. The summed E-state index contributed by atoms with van der Waals surface area (Å²) in [6.45, 7) is 10.0. The number of benzene rings is 3. The molecule has 10 heteroatoms. The number of rotatable bonds is 6. The monoisotopic (exact) mass is 630 g/mol. The number of aryl methyl sites for hydroxylation is 2. The number of carbonyl (C=O) groups excluding carboxylic acids is 1. The van der Waals surface area contributed by atoms with Crippen LogP contribution >= 0.6 is 23.2 Å².